The molecule has 5 heteroatoms. The molecule has 0 atom stereocenters. The van der Waals surface area contributed by atoms with Crippen LogP contribution in [0.4, 0.5) is 0 Å². The van der Waals surface area contributed by atoms with Crippen LogP contribution in [0, 0.1) is 0 Å². The van der Waals surface area contributed by atoms with Gasteiger partial charge in [0.2, 0.25) is 0 Å². The summed E-state index contributed by atoms with van der Waals surface area (Å²) in [4.78, 5) is 4.02. The zero-order valence-corrected chi connectivity index (χ0v) is 12.3. The second-order valence-corrected chi connectivity index (χ2v) is 4.68. The summed E-state index contributed by atoms with van der Waals surface area (Å²) in [5.74, 6) is 1.43. The molecule has 2 rings (SSSR count). The van der Waals surface area contributed by atoms with Gasteiger partial charge in [0.15, 0.2) is 11.5 Å². The van der Waals surface area contributed by atoms with Crippen molar-refractivity contribution >= 4 is 11.6 Å². The van der Waals surface area contributed by atoms with E-state index in [-0.39, 0.29) is 0 Å². The quantitative estimate of drug-likeness (QED) is 0.831. The molecule has 1 aromatic carbocycles. The first-order valence-electron chi connectivity index (χ1n) is 6.27. The Morgan fingerprint density at radius 3 is 2.60 bits per heavy atom. The topological polar surface area (TPSA) is 43.4 Å². The molecule has 0 amide bonds. The number of methoxy groups -OCH3 is 1. The van der Waals surface area contributed by atoms with Gasteiger partial charge in [-0.05, 0) is 30.8 Å². The lowest BCUT2D eigenvalue weighted by Gasteiger charge is -2.12. The molecule has 0 aliphatic rings. The predicted molar refractivity (Wildman–Crippen MR) is 79.3 cm³/mol. The van der Waals surface area contributed by atoms with E-state index in [0.29, 0.717) is 17.5 Å². The minimum absolute atomic E-state index is 0.423. The first-order chi connectivity index (χ1) is 9.72. The summed E-state index contributed by atoms with van der Waals surface area (Å²) in [6.45, 7) is 1.21. The van der Waals surface area contributed by atoms with Crippen LogP contribution in [0.25, 0.3) is 0 Å². The summed E-state index contributed by atoms with van der Waals surface area (Å²) in [5, 5.41) is 3.58. The molecular formula is C15H17ClN2O2. The van der Waals surface area contributed by atoms with Crippen molar-refractivity contribution in [2.75, 3.05) is 14.2 Å². The molecule has 0 saturated heterocycles. The summed E-state index contributed by atoms with van der Waals surface area (Å²) in [6, 6.07) is 9.51. The van der Waals surface area contributed by atoms with Crippen LogP contribution in [0.2, 0.25) is 5.15 Å². The first-order valence-corrected chi connectivity index (χ1v) is 6.65. The Labute approximate surface area is 123 Å². The van der Waals surface area contributed by atoms with Crippen molar-refractivity contribution in [1.29, 1.82) is 0 Å². The SMILES string of the molecule is CNCc1ccc(OCc2ccc(Cl)nc2)c(OC)c1. The number of rotatable bonds is 6. The summed E-state index contributed by atoms with van der Waals surface area (Å²) < 4.78 is 11.1. The Morgan fingerprint density at radius 2 is 1.95 bits per heavy atom. The van der Waals surface area contributed by atoms with E-state index in [1.54, 1.807) is 19.4 Å². The van der Waals surface area contributed by atoms with Crippen molar-refractivity contribution in [2.24, 2.45) is 0 Å². The number of halogens is 1. The Bertz CT molecular complexity index is 558. The van der Waals surface area contributed by atoms with Crippen molar-refractivity contribution in [3.8, 4) is 11.5 Å². The Balaban J connectivity index is 2.06. The van der Waals surface area contributed by atoms with Crippen LogP contribution in [0.5, 0.6) is 11.5 Å². The highest BCUT2D eigenvalue weighted by atomic mass is 35.5. The third-order valence-corrected chi connectivity index (χ3v) is 3.02. The molecule has 0 spiro atoms. The van der Waals surface area contributed by atoms with E-state index in [4.69, 9.17) is 21.1 Å². The van der Waals surface area contributed by atoms with Crippen LogP contribution in [0.1, 0.15) is 11.1 Å². The van der Waals surface area contributed by atoms with Crippen LogP contribution < -0.4 is 14.8 Å². The number of nitrogens with zero attached hydrogens (tertiary/aromatic N) is 1. The molecule has 2 aromatic rings. The van der Waals surface area contributed by atoms with Gasteiger partial charge in [0.05, 0.1) is 7.11 Å². The number of pyridine rings is 1. The molecule has 0 fully saturated rings. The molecule has 106 valence electrons. The molecule has 1 N–H and O–H groups in total. The second-order valence-electron chi connectivity index (χ2n) is 4.29. The zero-order chi connectivity index (χ0) is 14.4. The molecule has 20 heavy (non-hydrogen) atoms. The van der Waals surface area contributed by atoms with Crippen molar-refractivity contribution in [3.63, 3.8) is 0 Å². The van der Waals surface area contributed by atoms with Crippen LogP contribution >= 0.6 is 11.6 Å². The fourth-order valence-electron chi connectivity index (χ4n) is 1.80. The van der Waals surface area contributed by atoms with Gasteiger partial charge in [-0.1, -0.05) is 23.7 Å². The average Bonchev–Trinajstić information content (AvgIpc) is 2.47. The van der Waals surface area contributed by atoms with E-state index >= 15 is 0 Å². The maximum absolute atomic E-state index is 5.76. The predicted octanol–water partition coefficient (Wildman–Crippen LogP) is 3.04. The van der Waals surface area contributed by atoms with Gasteiger partial charge in [-0.25, -0.2) is 4.98 Å². The number of hydrogen-bond donors (Lipinski definition) is 1. The van der Waals surface area contributed by atoms with Crippen LogP contribution in [0.15, 0.2) is 36.5 Å². The van der Waals surface area contributed by atoms with Gasteiger partial charge in [0, 0.05) is 18.3 Å². The van der Waals surface area contributed by atoms with Crippen molar-refractivity contribution in [3.05, 3.63) is 52.8 Å². The van der Waals surface area contributed by atoms with E-state index in [9.17, 15) is 0 Å². The summed E-state index contributed by atoms with van der Waals surface area (Å²) in [5.41, 5.74) is 2.10. The fraction of sp³-hybridized carbons (Fsp3) is 0.267. The zero-order valence-electron chi connectivity index (χ0n) is 11.5. The summed E-state index contributed by atoms with van der Waals surface area (Å²) in [7, 11) is 3.54. The van der Waals surface area contributed by atoms with Crippen molar-refractivity contribution in [1.82, 2.24) is 10.3 Å². The van der Waals surface area contributed by atoms with Gasteiger partial charge in [0.1, 0.15) is 11.8 Å². The lowest BCUT2D eigenvalue weighted by atomic mass is 10.2. The van der Waals surface area contributed by atoms with Crippen molar-refractivity contribution < 1.29 is 9.47 Å². The first kappa shape index (κ1) is 14.6. The largest absolute Gasteiger partial charge is 0.493 e. The minimum atomic E-state index is 0.423. The van der Waals surface area contributed by atoms with Gasteiger partial charge in [0.25, 0.3) is 0 Å². The minimum Gasteiger partial charge on any atom is -0.493 e. The number of nitrogens with one attached hydrogen (secondary N) is 1. The highest BCUT2D eigenvalue weighted by molar-refractivity contribution is 6.29. The third kappa shape index (κ3) is 3.85. The molecule has 0 aliphatic heterocycles. The average molecular weight is 293 g/mol. The fourth-order valence-corrected chi connectivity index (χ4v) is 1.91. The Morgan fingerprint density at radius 1 is 1.15 bits per heavy atom. The van der Waals surface area contributed by atoms with E-state index in [1.807, 2.05) is 31.3 Å². The molecule has 0 saturated carbocycles. The summed E-state index contributed by atoms with van der Waals surface area (Å²) in [6.07, 6.45) is 1.70. The van der Waals surface area contributed by atoms with E-state index in [1.165, 1.54) is 0 Å². The highest BCUT2D eigenvalue weighted by Crippen LogP contribution is 2.28. The molecule has 0 radical (unpaired) electrons. The van der Waals surface area contributed by atoms with E-state index in [2.05, 4.69) is 10.3 Å². The molecule has 0 bridgehead atoms. The molecule has 1 aromatic heterocycles. The van der Waals surface area contributed by atoms with Crippen LogP contribution in [-0.4, -0.2) is 19.1 Å². The summed E-state index contributed by atoms with van der Waals surface area (Å²) >= 11 is 5.75. The van der Waals surface area contributed by atoms with Gasteiger partial charge in [-0.3, -0.25) is 0 Å². The molecule has 0 unspecified atom stereocenters. The normalized spacial score (nSPS) is 10.3. The maximum atomic E-state index is 5.76. The van der Waals surface area contributed by atoms with Gasteiger partial charge in [-0.15, -0.1) is 0 Å². The Kier molecular flexibility index (Phi) is 5.21. The van der Waals surface area contributed by atoms with Crippen LogP contribution in [-0.2, 0) is 13.2 Å². The number of ether oxygens (including phenoxy) is 2. The standard InChI is InChI=1S/C15H17ClN2O2/c1-17-8-11-3-5-13(14(7-11)19-2)20-10-12-4-6-15(16)18-9-12/h3-7,9,17H,8,10H2,1-2H3. The molecule has 4 nitrogen and oxygen atoms in total. The van der Waals surface area contributed by atoms with E-state index < -0.39 is 0 Å². The smallest absolute Gasteiger partial charge is 0.161 e. The van der Waals surface area contributed by atoms with Crippen LogP contribution in [0.3, 0.4) is 0 Å². The lowest BCUT2D eigenvalue weighted by molar-refractivity contribution is 0.284. The van der Waals surface area contributed by atoms with Gasteiger partial charge in [-0.2, -0.15) is 0 Å². The van der Waals surface area contributed by atoms with Gasteiger partial charge < -0.3 is 14.8 Å². The molecule has 0 aliphatic carbocycles. The molecule has 1 heterocycles. The lowest BCUT2D eigenvalue weighted by Crippen LogP contribution is -2.05. The number of aromatic nitrogens is 1. The third-order valence-electron chi connectivity index (χ3n) is 2.79. The molecular weight excluding hydrogens is 276 g/mol. The second kappa shape index (κ2) is 7.12. The van der Waals surface area contributed by atoms with E-state index in [0.717, 1.165) is 23.4 Å². The Hall–Kier alpha value is -1.78. The highest BCUT2D eigenvalue weighted by Gasteiger charge is 2.06. The number of benzene rings is 1. The maximum Gasteiger partial charge on any atom is 0.161 e. The number of hydrogen-bond acceptors (Lipinski definition) is 4. The monoisotopic (exact) mass is 292 g/mol. The van der Waals surface area contributed by atoms with Gasteiger partial charge >= 0.3 is 0 Å². The van der Waals surface area contributed by atoms with Crippen molar-refractivity contribution in [2.45, 2.75) is 13.2 Å².